The summed E-state index contributed by atoms with van der Waals surface area (Å²) in [5.74, 6) is 0.484. The van der Waals surface area contributed by atoms with Crippen LogP contribution in [0.2, 0.25) is 18.1 Å². The minimum absolute atomic E-state index is 0.0744. The van der Waals surface area contributed by atoms with Gasteiger partial charge in [-0.2, -0.15) is 0 Å². The summed E-state index contributed by atoms with van der Waals surface area (Å²) in [5.41, 5.74) is 2.88. The standard InChI is InChI=1S/C23H34N2O5Si/c1-23(2,3)31(4,5)29-15-19-17(14-26)7-8-18-20(24-30-21(18)19)9-6-16-10-12-25(13-11-16)22(27)28/h7-8,14,16H,6,9-13,15H2,1-5H3,(H,27,28). The smallest absolute Gasteiger partial charge is 0.407 e. The highest BCUT2D eigenvalue weighted by molar-refractivity contribution is 6.74. The number of aromatic nitrogens is 1. The Morgan fingerprint density at radius 1 is 1.32 bits per heavy atom. The van der Waals surface area contributed by atoms with Gasteiger partial charge < -0.3 is 19.0 Å². The molecule has 0 radical (unpaired) electrons. The zero-order valence-corrected chi connectivity index (χ0v) is 20.2. The maximum atomic E-state index is 11.7. The second kappa shape index (κ2) is 9.12. The third-order valence-corrected chi connectivity index (χ3v) is 11.5. The van der Waals surface area contributed by atoms with E-state index in [0.717, 1.165) is 48.6 Å². The van der Waals surface area contributed by atoms with Gasteiger partial charge in [0.25, 0.3) is 0 Å². The molecular weight excluding hydrogens is 412 g/mol. The van der Waals surface area contributed by atoms with Crippen molar-refractivity contribution in [1.82, 2.24) is 10.1 Å². The third kappa shape index (κ3) is 5.18. The zero-order valence-electron chi connectivity index (χ0n) is 19.2. The van der Waals surface area contributed by atoms with Crippen molar-refractivity contribution in [2.45, 2.75) is 71.2 Å². The molecule has 0 atom stereocenters. The second-order valence-corrected chi connectivity index (χ2v) is 14.9. The predicted octanol–water partition coefficient (Wildman–Crippen LogP) is 5.48. The molecule has 7 nitrogen and oxygen atoms in total. The van der Waals surface area contributed by atoms with E-state index < -0.39 is 14.4 Å². The largest absolute Gasteiger partial charge is 0.465 e. The first-order chi connectivity index (χ1) is 14.5. The molecule has 0 spiro atoms. The van der Waals surface area contributed by atoms with Gasteiger partial charge in [0, 0.05) is 29.6 Å². The maximum absolute atomic E-state index is 11.7. The van der Waals surface area contributed by atoms with Crippen molar-refractivity contribution in [2.75, 3.05) is 13.1 Å². The first kappa shape index (κ1) is 23.5. The number of carbonyl (C=O) groups excluding carboxylic acids is 1. The van der Waals surface area contributed by atoms with Gasteiger partial charge in [-0.3, -0.25) is 4.79 Å². The molecule has 0 aliphatic carbocycles. The Hall–Kier alpha value is -2.19. The number of rotatable bonds is 7. The van der Waals surface area contributed by atoms with E-state index in [4.69, 9.17) is 14.1 Å². The van der Waals surface area contributed by atoms with Gasteiger partial charge in [0.05, 0.1) is 12.3 Å². The molecule has 2 heterocycles. The molecule has 1 amide bonds. The monoisotopic (exact) mass is 446 g/mol. The number of carboxylic acid groups (broad SMARTS) is 1. The molecule has 1 fully saturated rings. The molecular formula is C23H34N2O5Si. The lowest BCUT2D eigenvalue weighted by atomic mass is 9.91. The number of hydrogen-bond donors (Lipinski definition) is 1. The number of nitrogens with zero attached hydrogens (tertiary/aromatic N) is 2. The summed E-state index contributed by atoms with van der Waals surface area (Å²) in [7, 11) is -1.98. The number of amides is 1. The van der Waals surface area contributed by atoms with Crippen LogP contribution in [0, 0.1) is 5.92 Å². The van der Waals surface area contributed by atoms with E-state index >= 15 is 0 Å². The van der Waals surface area contributed by atoms with Gasteiger partial charge in [-0.15, -0.1) is 0 Å². The van der Waals surface area contributed by atoms with Gasteiger partial charge in [-0.25, -0.2) is 4.79 Å². The van der Waals surface area contributed by atoms with Crippen LogP contribution in [-0.2, 0) is 17.5 Å². The van der Waals surface area contributed by atoms with E-state index in [0.29, 0.717) is 36.8 Å². The molecule has 8 heteroatoms. The molecule has 31 heavy (non-hydrogen) atoms. The van der Waals surface area contributed by atoms with Crippen molar-refractivity contribution in [3.05, 3.63) is 29.0 Å². The van der Waals surface area contributed by atoms with Crippen molar-refractivity contribution in [3.8, 4) is 0 Å². The summed E-state index contributed by atoms with van der Waals surface area (Å²) < 4.78 is 12.1. The summed E-state index contributed by atoms with van der Waals surface area (Å²) in [6.07, 6.45) is 3.49. The van der Waals surface area contributed by atoms with Crippen LogP contribution < -0.4 is 0 Å². The van der Waals surface area contributed by atoms with Crippen molar-refractivity contribution in [3.63, 3.8) is 0 Å². The number of likely N-dealkylation sites (tertiary alicyclic amines) is 1. The minimum atomic E-state index is -1.98. The molecule has 1 N–H and O–H groups in total. The minimum Gasteiger partial charge on any atom is -0.465 e. The first-order valence-electron chi connectivity index (χ1n) is 11.0. The third-order valence-electron chi connectivity index (χ3n) is 7.04. The van der Waals surface area contributed by atoms with Crippen molar-refractivity contribution >= 4 is 31.7 Å². The SMILES string of the molecule is CC(C)(C)[Si](C)(C)OCc1c(C=O)ccc2c(CCC3CCN(C(=O)O)CC3)noc12. The molecule has 2 aromatic rings. The Kier molecular flexibility index (Phi) is 6.91. The number of benzene rings is 1. The number of aldehydes is 1. The molecule has 1 aliphatic rings. The quantitative estimate of drug-likeness (QED) is 0.447. The zero-order chi connectivity index (χ0) is 22.8. The van der Waals surface area contributed by atoms with Crippen molar-refractivity contribution in [2.24, 2.45) is 5.92 Å². The fraction of sp³-hybridized carbons (Fsp3) is 0.609. The normalized spacial score (nSPS) is 16.1. The van der Waals surface area contributed by atoms with E-state index in [2.05, 4.69) is 39.0 Å². The lowest BCUT2D eigenvalue weighted by molar-refractivity contribution is 0.112. The van der Waals surface area contributed by atoms with Gasteiger partial charge in [0.1, 0.15) is 0 Å². The van der Waals surface area contributed by atoms with Crippen LogP contribution in [0.3, 0.4) is 0 Å². The first-order valence-corrected chi connectivity index (χ1v) is 13.9. The highest BCUT2D eigenvalue weighted by atomic mass is 28.4. The number of hydrogen-bond acceptors (Lipinski definition) is 5. The second-order valence-electron chi connectivity index (χ2n) is 10.1. The van der Waals surface area contributed by atoms with Gasteiger partial charge in [0.15, 0.2) is 20.2 Å². The molecule has 0 bridgehead atoms. The lowest BCUT2D eigenvalue weighted by Gasteiger charge is -2.36. The van der Waals surface area contributed by atoms with Gasteiger partial charge >= 0.3 is 6.09 Å². The average Bonchev–Trinajstić information content (AvgIpc) is 3.13. The lowest BCUT2D eigenvalue weighted by Crippen LogP contribution is -2.40. The van der Waals surface area contributed by atoms with Crippen molar-refractivity contribution < 1.29 is 23.6 Å². The van der Waals surface area contributed by atoms with Crippen LogP contribution in [0.15, 0.2) is 16.7 Å². The highest BCUT2D eigenvalue weighted by Crippen LogP contribution is 2.38. The Morgan fingerprint density at radius 3 is 2.58 bits per heavy atom. The Labute approximate surface area is 184 Å². The van der Waals surface area contributed by atoms with Crippen LogP contribution in [0.1, 0.15) is 61.6 Å². The predicted molar refractivity (Wildman–Crippen MR) is 122 cm³/mol. The molecule has 1 aromatic heterocycles. The van der Waals surface area contributed by atoms with Crippen LogP contribution in [0.25, 0.3) is 11.0 Å². The Morgan fingerprint density at radius 2 is 2.00 bits per heavy atom. The molecule has 0 unspecified atom stereocenters. The average molecular weight is 447 g/mol. The fourth-order valence-electron chi connectivity index (χ4n) is 3.79. The Balaban J connectivity index is 1.73. The van der Waals surface area contributed by atoms with Crippen LogP contribution in [0.5, 0.6) is 0 Å². The summed E-state index contributed by atoms with van der Waals surface area (Å²) in [5, 5.41) is 14.4. The molecule has 170 valence electrons. The van der Waals surface area contributed by atoms with E-state index in [1.54, 1.807) is 0 Å². The van der Waals surface area contributed by atoms with Gasteiger partial charge in [-0.05, 0) is 55.8 Å². The molecule has 0 saturated carbocycles. The maximum Gasteiger partial charge on any atom is 0.407 e. The van der Waals surface area contributed by atoms with Crippen LogP contribution >= 0.6 is 0 Å². The van der Waals surface area contributed by atoms with Crippen LogP contribution in [0.4, 0.5) is 4.79 Å². The topological polar surface area (TPSA) is 92.9 Å². The van der Waals surface area contributed by atoms with E-state index in [1.165, 1.54) is 4.90 Å². The Bertz CT molecular complexity index is 939. The van der Waals surface area contributed by atoms with Gasteiger partial charge in [-0.1, -0.05) is 32.0 Å². The summed E-state index contributed by atoms with van der Waals surface area (Å²) in [6, 6.07) is 3.74. The highest BCUT2D eigenvalue weighted by Gasteiger charge is 2.37. The molecule has 3 rings (SSSR count). The number of piperidine rings is 1. The molecule has 1 aliphatic heterocycles. The van der Waals surface area contributed by atoms with E-state index in [9.17, 15) is 9.59 Å². The molecule has 1 saturated heterocycles. The van der Waals surface area contributed by atoms with Crippen molar-refractivity contribution in [1.29, 1.82) is 0 Å². The fourth-order valence-corrected chi connectivity index (χ4v) is 4.73. The summed E-state index contributed by atoms with van der Waals surface area (Å²) >= 11 is 0. The number of aryl methyl sites for hydroxylation is 1. The van der Waals surface area contributed by atoms with E-state index in [1.807, 2.05) is 12.1 Å². The van der Waals surface area contributed by atoms with Crippen LogP contribution in [-0.4, -0.2) is 48.9 Å². The molecule has 1 aromatic carbocycles. The number of carbonyl (C=O) groups is 2. The summed E-state index contributed by atoms with van der Waals surface area (Å²) in [4.78, 5) is 24.2. The number of fused-ring (bicyclic) bond motifs is 1. The summed E-state index contributed by atoms with van der Waals surface area (Å²) in [6.45, 7) is 12.5. The van der Waals surface area contributed by atoms with E-state index in [-0.39, 0.29) is 5.04 Å². The van der Waals surface area contributed by atoms with Gasteiger partial charge in [0.2, 0.25) is 0 Å².